The molecule has 0 aromatic carbocycles. The van der Waals surface area contributed by atoms with Crippen molar-refractivity contribution in [3.05, 3.63) is 78.2 Å². The van der Waals surface area contributed by atoms with Crippen LogP contribution in [0.15, 0.2) is 40.1 Å². The number of pyridine rings is 2. The Morgan fingerprint density at radius 3 is 2.27 bits per heavy atom. The van der Waals surface area contributed by atoms with Crippen LogP contribution >= 0.6 is 55.1 Å². The van der Waals surface area contributed by atoms with Crippen LogP contribution in [0.5, 0.6) is 0 Å². The summed E-state index contributed by atoms with van der Waals surface area (Å²) >= 11 is 17.5. The van der Waals surface area contributed by atoms with E-state index in [1.807, 2.05) is 6.07 Å². The molecule has 0 N–H and O–H groups in total. The van der Waals surface area contributed by atoms with E-state index in [2.05, 4.69) is 67.1 Å². The van der Waals surface area contributed by atoms with Crippen LogP contribution < -0.4 is 17.0 Å². The maximum Gasteiger partial charge on any atom is 2.00 e. The number of hydrogen-bond donors (Lipinski definition) is 0. The molecule has 2 heterocycles. The number of aromatic nitrogens is 2. The van der Waals surface area contributed by atoms with Gasteiger partial charge in [-0.25, -0.2) is 9.97 Å². The Kier molecular flexibility index (Phi) is 15.2. The Balaban J connectivity index is 0. The molecule has 0 saturated heterocycles. The molecule has 0 bridgehead atoms. The van der Waals surface area contributed by atoms with Gasteiger partial charge in [0.15, 0.2) is 4.60 Å². The summed E-state index contributed by atoms with van der Waals surface area (Å²) in [5.41, 5.74) is 2.32. The van der Waals surface area contributed by atoms with Crippen LogP contribution in [0.3, 0.4) is 0 Å². The molecular formula is C15H10Br3Cl2MgN3O2. The van der Waals surface area contributed by atoms with Crippen LogP contribution in [0.25, 0.3) is 6.08 Å². The predicted octanol–water partition coefficient (Wildman–Crippen LogP) is 2.70. The molecule has 26 heavy (non-hydrogen) atoms. The number of allylic oxidation sites excluding steroid dienone is 1. The standard InChI is InChI=1S/C8H5BrClN.C5H2BrClN2O2.C2H3.BrH.Mg/c9-8-6-3-1-2-5(6)4-7(10)11-8;6-5-3(9(10)11)1-2-4(7)8-5;1-2;;/h1-2,4H,3H2;1-2H;1H,2H2;1H;/q;;-1;;+2/p-1. The number of fused-ring (bicyclic) bond motifs is 1. The van der Waals surface area contributed by atoms with Gasteiger partial charge in [0.25, 0.3) is 0 Å². The van der Waals surface area contributed by atoms with Gasteiger partial charge in [0.2, 0.25) is 0 Å². The van der Waals surface area contributed by atoms with E-state index in [-0.39, 0.29) is 55.5 Å². The average Bonchev–Trinajstić information content (AvgIpc) is 2.98. The molecule has 1 aliphatic rings. The Labute approximate surface area is 204 Å². The zero-order valence-electron chi connectivity index (χ0n) is 13.1. The predicted molar refractivity (Wildman–Crippen MR) is 109 cm³/mol. The Morgan fingerprint density at radius 1 is 1.15 bits per heavy atom. The molecule has 0 radical (unpaired) electrons. The summed E-state index contributed by atoms with van der Waals surface area (Å²) in [7, 11) is 0. The quantitative estimate of drug-likeness (QED) is 0.166. The summed E-state index contributed by atoms with van der Waals surface area (Å²) in [6.45, 7) is 7.00. The smallest absolute Gasteiger partial charge is 1.00 e. The molecule has 2 aromatic heterocycles. The molecule has 0 unspecified atom stereocenters. The third kappa shape index (κ3) is 8.33. The third-order valence-corrected chi connectivity index (χ3v) is 4.33. The Morgan fingerprint density at radius 2 is 1.73 bits per heavy atom. The van der Waals surface area contributed by atoms with Gasteiger partial charge >= 0.3 is 28.7 Å². The zero-order valence-corrected chi connectivity index (χ0v) is 20.8. The van der Waals surface area contributed by atoms with E-state index in [0.717, 1.165) is 11.0 Å². The number of nitro groups is 1. The van der Waals surface area contributed by atoms with Gasteiger partial charge in [-0.05, 0) is 61.5 Å². The van der Waals surface area contributed by atoms with E-state index in [0.29, 0.717) is 5.15 Å². The molecule has 0 aliphatic heterocycles. The second-order valence-electron chi connectivity index (χ2n) is 4.11. The van der Waals surface area contributed by atoms with Crippen molar-refractivity contribution in [3.63, 3.8) is 0 Å². The number of hydrogen-bond acceptors (Lipinski definition) is 4. The summed E-state index contributed by atoms with van der Waals surface area (Å²) < 4.78 is 1.01. The minimum Gasteiger partial charge on any atom is -1.00 e. The molecule has 134 valence electrons. The molecule has 1 aliphatic carbocycles. The summed E-state index contributed by atoms with van der Waals surface area (Å²) in [6.07, 6.45) is 5.13. The monoisotopic (exact) mass is 595 g/mol. The van der Waals surface area contributed by atoms with E-state index < -0.39 is 4.92 Å². The van der Waals surface area contributed by atoms with E-state index in [1.165, 1.54) is 23.3 Å². The van der Waals surface area contributed by atoms with E-state index in [1.54, 1.807) is 0 Å². The fraction of sp³-hybridized carbons (Fsp3) is 0.0667. The van der Waals surface area contributed by atoms with Gasteiger partial charge < -0.3 is 23.6 Å². The molecule has 3 rings (SSSR count). The fourth-order valence-electron chi connectivity index (χ4n) is 1.72. The van der Waals surface area contributed by atoms with Gasteiger partial charge in [0.1, 0.15) is 14.9 Å². The van der Waals surface area contributed by atoms with Crippen LogP contribution in [-0.2, 0) is 6.42 Å². The largest absolute Gasteiger partial charge is 2.00 e. The molecule has 5 nitrogen and oxygen atoms in total. The molecule has 0 fully saturated rings. The first-order chi connectivity index (χ1) is 11.4. The van der Waals surface area contributed by atoms with Crippen molar-refractivity contribution < 1.29 is 21.9 Å². The van der Waals surface area contributed by atoms with Crippen molar-refractivity contribution in [3.8, 4) is 0 Å². The fourth-order valence-corrected chi connectivity index (χ4v) is 3.33. The molecule has 0 amide bonds. The summed E-state index contributed by atoms with van der Waals surface area (Å²) in [6, 6.07) is 4.54. The maximum absolute atomic E-state index is 10.2. The van der Waals surface area contributed by atoms with Crippen molar-refractivity contribution in [1.29, 1.82) is 0 Å². The van der Waals surface area contributed by atoms with Crippen LogP contribution in [0.2, 0.25) is 10.3 Å². The van der Waals surface area contributed by atoms with Gasteiger partial charge in [0, 0.05) is 6.07 Å². The van der Waals surface area contributed by atoms with Crippen LogP contribution in [0.1, 0.15) is 11.1 Å². The zero-order chi connectivity index (χ0) is 18.3. The van der Waals surface area contributed by atoms with Gasteiger partial charge in [-0.3, -0.25) is 16.7 Å². The van der Waals surface area contributed by atoms with Gasteiger partial charge in [-0.2, -0.15) is 0 Å². The summed E-state index contributed by atoms with van der Waals surface area (Å²) in [5.74, 6) is 0. The minimum absolute atomic E-state index is 0. The number of rotatable bonds is 1. The first-order valence-corrected chi connectivity index (χ1v) is 8.61. The first kappa shape index (κ1) is 28.2. The normalized spacial score (nSPS) is 10.0. The molecule has 0 atom stereocenters. The van der Waals surface area contributed by atoms with Crippen LogP contribution in [0, 0.1) is 16.7 Å². The van der Waals surface area contributed by atoms with Crippen molar-refractivity contribution in [2.45, 2.75) is 6.42 Å². The van der Waals surface area contributed by atoms with Crippen LogP contribution in [-0.4, -0.2) is 37.9 Å². The van der Waals surface area contributed by atoms with Crippen LogP contribution in [0.4, 0.5) is 5.69 Å². The SMILES string of the molecule is Clc1cc2c(c(Br)n1)CC=C2.O=[N+]([O-])c1ccc(Cl)nc1Br.[Br-].[CH-]=C.[Mg+2]. The summed E-state index contributed by atoms with van der Waals surface area (Å²) in [4.78, 5) is 17.4. The Bertz CT molecular complexity index is 795. The molecule has 2 aromatic rings. The second-order valence-corrected chi connectivity index (χ2v) is 6.39. The van der Waals surface area contributed by atoms with Gasteiger partial charge in [-0.15, -0.1) is 0 Å². The molecule has 11 heteroatoms. The van der Waals surface area contributed by atoms with Crippen molar-refractivity contribution in [2.75, 3.05) is 0 Å². The average molecular weight is 599 g/mol. The topological polar surface area (TPSA) is 68.9 Å². The molecule has 0 saturated carbocycles. The Hall–Kier alpha value is -0.0338. The molecule has 0 spiro atoms. The maximum atomic E-state index is 10.2. The minimum atomic E-state index is -0.534. The van der Waals surface area contributed by atoms with E-state index in [4.69, 9.17) is 23.2 Å². The van der Waals surface area contributed by atoms with E-state index >= 15 is 0 Å². The second kappa shape index (κ2) is 14.0. The van der Waals surface area contributed by atoms with E-state index in [9.17, 15) is 10.1 Å². The van der Waals surface area contributed by atoms with Crippen molar-refractivity contribution >= 4 is 89.9 Å². The van der Waals surface area contributed by atoms with Crippen molar-refractivity contribution in [1.82, 2.24) is 9.97 Å². The number of nitrogens with zero attached hydrogens (tertiary/aromatic N) is 3. The number of halogens is 5. The molecular weight excluding hydrogens is 589 g/mol. The summed E-state index contributed by atoms with van der Waals surface area (Å²) in [5, 5.41) is 11.0. The first-order valence-electron chi connectivity index (χ1n) is 6.27. The van der Waals surface area contributed by atoms with Gasteiger partial charge in [-0.1, -0.05) is 35.4 Å². The third-order valence-electron chi connectivity index (χ3n) is 2.69. The van der Waals surface area contributed by atoms with Crippen molar-refractivity contribution in [2.24, 2.45) is 0 Å². The van der Waals surface area contributed by atoms with Gasteiger partial charge in [0.05, 0.1) is 4.92 Å².